The molecule has 0 amide bonds. The second-order valence-electron chi connectivity index (χ2n) is 1.45. The Hall–Kier alpha value is -0.180. The predicted octanol–water partition coefficient (Wildman–Crippen LogP) is 0.779. The zero-order valence-electron chi connectivity index (χ0n) is 4.09. The van der Waals surface area contributed by atoms with Crippen molar-refractivity contribution in [3.63, 3.8) is 0 Å². The summed E-state index contributed by atoms with van der Waals surface area (Å²) in [6, 6.07) is 0. The van der Waals surface area contributed by atoms with Gasteiger partial charge in [0.05, 0.1) is 6.42 Å². The SMILES string of the molecule is C[C@@H](S)CC(=O)O. The molecule has 0 aromatic heterocycles. The smallest absolute Gasteiger partial charge is 0.304 e. The summed E-state index contributed by atoms with van der Waals surface area (Å²) < 4.78 is 0. The average Bonchev–Trinajstić information content (AvgIpc) is 1.27. The van der Waals surface area contributed by atoms with Crippen molar-refractivity contribution >= 4 is 18.6 Å². The Morgan fingerprint density at radius 1 is 2.00 bits per heavy atom. The average molecular weight is 120 g/mol. The molecule has 0 bridgehead atoms. The van der Waals surface area contributed by atoms with E-state index in [9.17, 15) is 4.79 Å². The molecule has 0 unspecified atom stereocenters. The normalized spacial score (nSPS) is 13.4. The summed E-state index contributed by atoms with van der Waals surface area (Å²) in [7, 11) is 0. The molecule has 0 spiro atoms. The van der Waals surface area contributed by atoms with Crippen LogP contribution in [0.2, 0.25) is 0 Å². The molecule has 0 aliphatic heterocycles. The fraction of sp³-hybridized carbons (Fsp3) is 0.750. The second kappa shape index (κ2) is 2.91. The van der Waals surface area contributed by atoms with Gasteiger partial charge in [0.25, 0.3) is 0 Å². The zero-order valence-corrected chi connectivity index (χ0v) is 4.98. The van der Waals surface area contributed by atoms with Crippen LogP contribution >= 0.6 is 12.6 Å². The quantitative estimate of drug-likeness (QED) is 0.528. The lowest BCUT2D eigenvalue weighted by Gasteiger charge is -1.93. The summed E-state index contributed by atoms with van der Waals surface area (Å²) >= 11 is 3.86. The largest absolute Gasteiger partial charge is 0.481 e. The number of carboxylic acids is 1. The molecule has 0 aliphatic carbocycles. The van der Waals surface area contributed by atoms with E-state index in [4.69, 9.17) is 5.11 Å². The Balaban J connectivity index is 3.13. The van der Waals surface area contributed by atoms with Crippen LogP contribution in [0, 0.1) is 0 Å². The van der Waals surface area contributed by atoms with Crippen LogP contribution in [-0.2, 0) is 4.79 Å². The van der Waals surface area contributed by atoms with Crippen molar-refractivity contribution in [3.8, 4) is 0 Å². The molecular formula is C4H8O2S. The molecule has 7 heavy (non-hydrogen) atoms. The van der Waals surface area contributed by atoms with Crippen molar-refractivity contribution in [2.24, 2.45) is 0 Å². The first kappa shape index (κ1) is 6.82. The van der Waals surface area contributed by atoms with Gasteiger partial charge in [0.2, 0.25) is 0 Å². The van der Waals surface area contributed by atoms with Gasteiger partial charge >= 0.3 is 5.97 Å². The minimum atomic E-state index is -0.789. The van der Waals surface area contributed by atoms with Gasteiger partial charge in [0.1, 0.15) is 0 Å². The van der Waals surface area contributed by atoms with Gasteiger partial charge in [-0.25, -0.2) is 0 Å². The molecule has 2 nitrogen and oxygen atoms in total. The first-order valence-corrected chi connectivity index (χ1v) is 2.54. The summed E-state index contributed by atoms with van der Waals surface area (Å²) in [5, 5.41) is 8.00. The number of thiol groups is 1. The molecule has 3 heteroatoms. The van der Waals surface area contributed by atoms with Crippen molar-refractivity contribution in [1.29, 1.82) is 0 Å². The van der Waals surface area contributed by atoms with E-state index in [0.29, 0.717) is 0 Å². The van der Waals surface area contributed by atoms with Gasteiger partial charge in [-0.2, -0.15) is 12.6 Å². The second-order valence-corrected chi connectivity index (χ2v) is 2.33. The van der Waals surface area contributed by atoms with Gasteiger partial charge in [0.15, 0.2) is 0 Å². The Kier molecular flexibility index (Phi) is 2.83. The number of hydrogen-bond acceptors (Lipinski definition) is 2. The van der Waals surface area contributed by atoms with Crippen molar-refractivity contribution in [2.45, 2.75) is 18.6 Å². The maximum atomic E-state index is 9.76. The van der Waals surface area contributed by atoms with E-state index < -0.39 is 5.97 Å². The van der Waals surface area contributed by atoms with Crippen LogP contribution in [0.25, 0.3) is 0 Å². The minimum absolute atomic E-state index is 0.0301. The number of hydrogen-bond donors (Lipinski definition) is 2. The molecule has 0 saturated carbocycles. The maximum Gasteiger partial charge on any atom is 0.304 e. The number of rotatable bonds is 2. The van der Waals surface area contributed by atoms with Crippen LogP contribution in [0.3, 0.4) is 0 Å². The lowest BCUT2D eigenvalue weighted by molar-refractivity contribution is -0.136. The molecule has 0 aromatic rings. The summed E-state index contributed by atoms with van der Waals surface area (Å²) in [4.78, 5) is 9.76. The third-order valence-corrected chi connectivity index (χ3v) is 0.653. The molecule has 0 radical (unpaired) electrons. The van der Waals surface area contributed by atoms with Crippen molar-refractivity contribution in [3.05, 3.63) is 0 Å². The maximum absolute atomic E-state index is 9.76. The van der Waals surface area contributed by atoms with E-state index in [1.54, 1.807) is 6.92 Å². The predicted molar refractivity (Wildman–Crippen MR) is 30.7 cm³/mol. The van der Waals surface area contributed by atoms with E-state index in [1.165, 1.54) is 0 Å². The fourth-order valence-corrected chi connectivity index (χ4v) is 0.409. The topological polar surface area (TPSA) is 37.3 Å². The van der Waals surface area contributed by atoms with Gasteiger partial charge in [-0.1, -0.05) is 6.92 Å². The van der Waals surface area contributed by atoms with Crippen LogP contribution in [0.4, 0.5) is 0 Å². The van der Waals surface area contributed by atoms with Crippen LogP contribution < -0.4 is 0 Å². The van der Waals surface area contributed by atoms with E-state index in [-0.39, 0.29) is 11.7 Å². The van der Waals surface area contributed by atoms with E-state index in [2.05, 4.69) is 12.6 Å². The summed E-state index contributed by atoms with van der Waals surface area (Å²) in [5.74, 6) is -0.789. The van der Waals surface area contributed by atoms with Gasteiger partial charge in [-0.15, -0.1) is 0 Å². The molecule has 0 aromatic carbocycles. The molecule has 0 heterocycles. The number of aliphatic carboxylic acids is 1. The van der Waals surface area contributed by atoms with Crippen molar-refractivity contribution < 1.29 is 9.90 Å². The minimum Gasteiger partial charge on any atom is -0.481 e. The molecule has 0 fully saturated rings. The van der Waals surface area contributed by atoms with Crippen LogP contribution in [0.5, 0.6) is 0 Å². The lowest BCUT2D eigenvalue weighted by atomic mass is 10.3. The van der Waals surface area contributed by atoms with E-state index >= 15 is 0 Å². The van der Waals surface area contributed by atoms with Crippen LogP contribution in [0.1, 0.15) is 13.3 Å². The van der Waals surface area contributed by atoms with Gasteiger partial charge in [0, 0.05) is 5.25 Å². The highest BCUT2D eigenvalue weighted by molar-refractivity contribution is 7.80. The highest BCUT2D eigenvalue weighted by Gasteiger charge is 1.99. The molecule has 1 N–H and O–H groups in total. The lowest BCUT2D eigenvalue weighted by Crippen LogP contribution is -2.01. The van der Waals surface area contributed by atoms with E-state index in [1.807, 2.05) is 0 Å². The molecule has 0 aliphatic rings. The van der Waals surface area contributed by atoms with Crippen molar-refractivity contribution in [1.82, 2.24) is 0 Å². The van der Waals surface area contributed by atoms with Crippen molar-refractivity contribution in [2.75, 3.05) is 0 Å². The first-order valence-electron chi connectivity index (χ1n) is 2.03. The van der Waals surface area contributed by atoms with Crippen LogP contribution in [0.15, 0.2) is 0 Å². The van der Waals surface area contributed by atoms with Crippen LogP contribution in [-0.4, -0.2) is 16.3 Å². The third kappa shape index (κ3) is 5.82. The highest BCUT2D eigenvalue weighted by atomic mass is 32.1. The molecule has 1 atom stereocenters. The Bertz CT molecular complexity index is 70.1. The third-order valence-electron chi connectivity index (χ3n) is 0.470. The monoisotopic (exact) mass is 120 g/mol. The molecule has 0 rings (SSSR count). The van der Waals surface area contributed by atoms with Gasteiger partial charge in [-0.3, -0.25) is 4.79 Å². The summed E-state index contributed by atoms with van der Waals surface area (Å²) in [6.45, 7) is 1.75. The van der Waals surface area contributed by atoms with Gasteiger partial charge < -0.3 is 5.11 Å². The first-order chi connectivity index (χ1) is 3.13. The Morgan fingerprint density at radius 2 is 2.43 bits per heavy atom. The standard InChI is InChI=1S/C4H8O2S/c1-3(7)2-4(5)6/h3,7H,2H2,1H3,(H,5,6)/t3-/m1/s1. The zero-order chi connectivity index (χ0) is 5.86. The summed E-state index contributed by atoms with van der Waals surface area (Å²) in [5.41, 5.74) is 0. The molecular weight excluding hydrogens is 112 g/mol. The summed E-state index contributed by atoms with van der Waals surface area (Å²) in [6.07, 6.45) is 0.142. The Morgan fingerprint density at radius 3 is 2.43 bits per heavy atom. The number of carboxylic acid groups (broad SMARTS) is 1. The van der Waals surface area contributed by atoms with E-state index in [0.717, 1.165) is 0 Å². The van der Waals surface area contributed by atoms with Gasteiger partial charge in [-0.05, 0) is 0 Å². The number of carbonyl (C=O) groups is 1. The fourth-order valence-electron chi connectivity index (χ4n) is 0.253. The molecule has 0 saturated heterocycles. The highest BCUT2D eigenvalue weighted by Crippen LogP contribution is 1.96. The Labute approximate surface area is 47.9 Å². The molecule has 42 valence electrons.